The second kappa shape index (κ2) is 7.20. The summed E-state index contributed by atoms with van der Waals surface area (Å²) in [5.41, 5.74) is 0.789. The first-order chi connectivity index (χ1) is 11.9. The summed E-state index contributed by atoms with van der Waals surface area (Å²) in [4.78, 5) is 0. The maximum absolute atomic E-state index is 13.3. The summed E-state index contributed by atoms with van der Waals surface area (Å²) >= 11 is 18.6. The molecule has 0 aliphatic carbocycles. The topological polar surface area (TPSA) is 27.1 Å². The number of halogens is 5. The summed E-state index contributed by atoms with van der Waals surface area (Å²) in [6, 6.07) is 11.9. The molecule has 0 saturated heterocycles. The van der Waals surface area contributed by atoms with Crippen LogP contribution < -0.4 is 4.74 Å². The van der Waals surface area contributed by atoms with Crippen molar-refractivity contribution in [1.29, 1.82) is 0 Å². The standard InChI is InChI=1S/C17H11Cl3F2N2O/c1-25-16-11(18)7-9(8-12(16)19)15-13(20)14(17(21)22)23-24(15)10-5-3-2-4-6-10/h2-8,17H,1H3. The van der Waals surface area contributed by atoms with Gasteiger partial charge in [-0.3, -0.25) is 0 Å². The van der Waals surface area contributed by atoms with Crippen molar-refractivity contribution in [3.05, 3.63) is 63.2 Å². The molecule has 3 nitrogen and oxygen atoms in total. The molecule has 0 spiro atoms. The van der Waals surface area contributed by atoms with Crippen LogP contribution in [0, 0.1) is 0 Å². The van der Waals surface area contributed by atoms with E-state index in [4.69, 9.17) is 39.5 Å². The molecule has 8 heteroatoms. The minimum Gasteiger partial charge on any atom is -0.494 e. The molecule has 0 saturated carbocycles. The zero-order chi connectivity index (χ0) is 18.1. The molecule has 130 valence electrons. The van der Waals surface area contributed by atoms with Crippen LogP contribution in [-0.2, 0) is 0 Å². The Hall–Kier alpha value is -1.82. The maximum Gasteiger partial charge on any atom is 0.283 e. The van der Waals surface area contributed by atoms with E-state index < -0.39 is 12.1 Å². The van der Waals surface area contributed by atoms with Gasteiger partial charge in [0.1, 0.15) is 5.69 Å². The minimum absolute atomic E-state index is 0.156. The fraction of sp³-hybridized carbons (Fsp3) is 0.118. The molecule has 0 fully saturated rings. The Morgan fingerprint density at radius 3 is 2.16 bits per heavy atom. The van der Waals surface area contributed by atoms with Gasteiger partial charge in [0, 0.05) is 5.56 Å². The highest BCUT2D eigenvalue weighted by Crippen LogP contribution is 2.42. The molecule has 0 amide bonds. The molecule has 0 unspecified atom stereocenters. The Labute approximate surface area is 157 Å². The number of benzene rings is 2. The molecule has 2 aromatic carbocycles. The van der Waals surface area contributed by atoms with Crippen LogP contribution in [0.15, 0.2) is 42.5 Å². The van der Waals surface area contributed by atoms with E-state index in [0.29, 0.717) is 17.0 Å². The summed E-state index contributed by atoms with van der Waals surface area (Å²) in [7, 11) is 1.43. The average molecular weight is 404 g/mol. The Morgan fingerprint density at radius 2 is 1.64 bits per heavy atom. The number of nitrogens with zero attached hydrogens (tertiary/aromatic N) is 2. The van der Waals surface area contributed by atoms with E-state index in [-0.39, 0.29) is 20.8 Å². The van der Waals surface area contributed by atoms with Crippen molar-refractivity contribution in [2.75, 3.05) is 7.11 Å². The van der Waals surface area contributed by atoms with Gasteiger partial charge in [-0.2, -0.15) is 5.10 Å². The highest BCUT2D eigenvalue weighted by molar-refractivity contribution is 6.38. The number of aromatic nitrogens is 2. The smallest absolute Gasteiger partial charge is 0.283 e. The molecule has 25 heavy (non-hydrogen) atoms. The molecule has 0 radical (unpaired) electrons. The lowest BCUT2D eigenvalue weighted by atomic mass is 10.1. The molecule has 0 N–H and O–H groups in total. The van der Waals surface area contributed by atoms with Gasteiger partial charge >= 0.3 is 0 Å². The van der Waals surface area contributed by atoms with Gasteiger partial charge in [-0.25, -0.2) is 13.5 Å². The van der Waals surface area contributed by atoms with Crippen molar-refractivity contribution >= 4 is 34.8 Å². The van der Waals surface area contributed by atoms with Crippen molar-refractivity contribution in [3.8, 4) is 22.7 Å². The van der Waals surface area contributed by atoms with Crippen molar-refractivity contribution in [1.82, 2.24) is 9.78 Å². The van der Waals surface area contributed by atoms with Gasteiger partial charge in [0.25, 0.3) is 6.43 Å². The predicted octanol–water partition coefficient (Wildman–Crippen LogP) is 6.45. The fourth-order valence-electron chi connectivity index (χ4n) is 2.45. The molecule has 1 heterocycles. The van der Waals surface area contributed by atoms with E-state index in [1.807, 2.05) is 6.07 Å². The summed E-state index contributed by atoms with van der Waals surface area (Å²) in [6.45, 7) is 0. The van der Waals surface area contributed by atoms with E-state index >= 15 is 0 Å². The molecular formula is C17H11Cl3F2N2O. The van der Waals surface area contributed by atoms with Crippen molar-refractivity contribution < 1.29 is 13.5 Å². The van der Waals surface area contributed by atoms with Crippen LogP contribution in [0.2, 0.25) is 15.1 Å². The Balaban J connectivity index is 2.29. The van der Waals surface area contributed by atoms with Gasteiger partial charge in [0.15, 0.2) is 5.75 Å². The molecule has 3 aromatic rings. The van der Waals surface area contributed by atoms with Crippen molar-refractivity contribution in [2.24, 2.45) is 0 Å². The lowest BCUT2D eigenvalue weighted by Gasteiger charge is -2.11. The molecule has 0 bridgehead atoms. The van der Waals surface area contributed by atoms with E-state index in [2.05, 4.69) is 5.10 Å². The molecule has 1 aromatic heterocycles. The largest absolute Gasteiger partial charge is 0.494 e. The van der Waals surface area contributed by atoms with E-state index in [1.54, 1.807) is 36.4 Å². The second-order valence-corrected chi connectivity index (χ2v) is 6.26. The zero-order valence-electron chi connectivity index (χ0n) is 12.8. The van der Waals surface area contributed by atoms with Crippen LogP contribution in [-0.4, -0.2) is 16.9 Å². The molecule has 0 aliphatic heterocycles. The molecular weight excluding hydrogens is 393 g/mol. The maximum atomic E-state index is 13.3. The zero-order valence-corrected chi connectivity index (χ0v) is 15.1. The van der Waals surface area contributed by atoms with Gasteiger partial charge < -0.3 is 4.74 Å². The highest BCUT2D eigenvalue weighted by atomic mass is 35.5. The Bertz CT molecular complexity index is 891. The molecule has 0 atom stereocenters. The fourth-order valence-corrected chi connectivity index (χ4v) is 3.40. The summed E-state index contributed by atoms with van der Waals surface area (Å²) < 4.78 is 33.1. The first kappa shape index (κ1) is 18.0. The highest BCUT2D eigenvalue weighted by Gasteiger charge is 2.25. The van der Waals surface area contributed by atoms with E-state index in [9.17, 15) is 8.78 Å². The van der Waals surface area contributed by atoms with Crippen LogP contribution >= 0.6 is 34.8 Å². The Morgan fingerprint density at radius 1 is 1.04 bits per heavy atom. The number of ether oxygens (including phenoxy) is 1. The Kier molecular flexibility index (Phi) is 5.18. The van der Waals surface area contributed by atoms with Crippen molar-refractivity contribution in [3.63, 3.8) is 0 Å². The van der Waals surface area contributed by atoms with Crippen LogP contribution in [0.5, 0.6) is 5.75 Å². The second-order valence-electron chi connectivity index (χ2n) is 5.07. The molecule has 0 aliphatic rings. The number of para-hydroxylation sites is 1. The van der Waals surface area contributed by atoms with E-state index in [0.717, 1.165) is 0 Å². The summed E-state index contributed by atoms with van der Waals surface area (Å²) in [5.74, 6) is 0.295. The quantitative estimate of drug-likeness (QED) is 0.501. The number of methoxy groups -OCH3 is 1. The normalized spacial score (nSPS) is 11.2. The minimum atomic E-state index is -2.82. The first-order valence-corrected chi connectivity index (χ1v) is 8.22. The monoisotopic (exact) mass is 402 g/mol. The summed E-state index contributed by atoms with van der Waals surface area (Å²) in [6.07, 6.45) is -2.82. The third-order valence-corrected chi connectivity index (χ3v) is 4.47. The number of hydrogen-bond acceptors (Lipinski definition) is 2. The van der Waals surface area contributed by atoms with E-state index in [1.165, 1.54) is 11.8 Å². The third-order valence-electron chi connectivity index (χ3n) is 3.54. The average Bonchev–Trinajstić information content (AvgIpc) is 2.93. The van der Waals surface area contributed by atoms with Gasteiger partial charge in [-0.05, 0) is 24.3 Å². The van der Waals surface area contributed by atoms with Gasteiger partial charge in [-0.1, -0.05) is 53.0 Å². The van der Waals surface area contributed by atoms with Crippen LogP contribution in [0.1, 0.15) is 12.1 Å². The first-order valence-electron chi connectivity index (χ1n) is 7.09. The SMILES string of the molecule is COc1c(Cl)cc(-c2c(Cl)c(C(F)F)nn2-c2ccccc2)cc1Cl. The third kappa shape index (κ3) is 3.32. The van der Waals surface area contributed by atoms with Gasteiger partial charge in [0.05, 0.1) is 33.6 Å². The van der Waals surface area contributed by atoms with Crippen LogP contribution in [0.3, 0.4) is 0 Å². The van der Waals surface area contributed by atoms with Crippen LogP contribution in [0.4, 0.5) is 8.78 Å². The summed E-state index contributed by atoms with van der Waals surface area (Å²) in [5, 5.41) is 4.29. The lowest BCUT2D eigenvalue weighted by Crippen LogP contribution is -2.00. The predicted molar refractivity (Wildman–Crippen MR) is 95.5 cm³/mol. The number of hydrogen-bond donors (Lipinski definition) is 0. The number of alkyl halides is 2. The van der Waals surface area contributed by atoms with Crippen LogP contribution in [0.25, 0.3) is 16.9 Å². The number of rotatable bonds is 4. The molecule has 3 rings (SSSR count). The van der Waals surface area contributed by atoms with Crippen molar-refractivity contribution in [2.45, 2.75) is 6.43 Å². The van der Waals surface area contributed by atoms with Gasteiger partial charge in [0.2, 0.25) is 0 Å². The lowest BCUT2D eigenvalue weighted by molar-refractivity contribution is 0.145. The van der Waals surface area contributed by atoms with Gasteiger partial charge in [-0.15, -0.1) is 0 Å².